The Kier molecular flexibility index (Phi) is 6.84. The Morgan fingerprint density at radius 2 is 1.62 bits per heavy atom. The average Bonchev–Trinajstić information content (AvgIpc) is 2.53. The molecule has 1 aliphatic heterocycles. The van der Waals surface area contributed by atoms with Crippen molar-refractivity contribution in [3.63, 3.8) is 0 Å². The van der Waals surface area contributed by atoms with Crippen LogP contribution in [0.2, 0.25) is 0 Å². The quantitative estimate of drug-likeness (QED) is 0.554. The number of esters is 3. The maximum Gasteiger partial charge on any atom is 0.303 e. The van der Waals surface area contributed by atoms with Crippen LogP contribution in [0.15, 0.2) is 18.3 Å². The summed E-state index contributed by atoms with van der Waals surface area (Å²) in [5.41, 5.74) is 0.178. The molecule has 4 atom stereocenters. The molecular weight excluding hydrogens is 362 g/mol. The Hall–Kier alpha value is -2.29. The van der Waals surface area contributed by atoms with Gasteiger partial charge in [-0.3, -0.25) is 19.4 Å². The number of pyridine rings is 1. The van der Waals surface area contributed by atoms with E-state index in [0.29, 0.717) is 11.5 Å². The van der Waals surface area contributed by atoms with E-state index >= 15 is 0 Å². The van der Waals surface area contributed by atoms with Gasteiger partial charge in [0.2, 0.25) is 0 Å². The Bertz CT molecular complexity index is 664. The lowest BCUT2D eigenvalue weighted by molar-refractivity contribution is -0.186. The molecule has 0 radical (unpaired) electrons. The van der Waals surface area contributed by atoms with Crippen molar-refractivity contribution in [1.82, 2.24) is 4.98 Å². The second-order valence-corrected chi connectivity index (χ2v) is 6.88. The Morgan fingerprint density at radius 1 is 1.00 bits per heavy atom. The lowest BCUT2D eigenvalue weighted by Crippen LogP contribution is -2.55. The van der Waals surface area contributed by atoms with Gasteiger partial charge in [-0.15, -0.1) is 11.8 Å². The highest BCUT2D eigenvalue weighted by Gasteiger charge is 2.47. The molecule has 0 unspecified atom stereocenters. The first kappa shape index (κ1) is 20.0. The lowest BCUT2D eigenvalue weighted by Gasteiger charge is -2.39. The molecule has 2 heterocycles. The van der Waals surface area contributed by atoms with Gasteiger partial charge in [-0.2, -0.15) is 0 Å². The number of thioether (sulfide) groups is 1. The summed E-state index contributed by atoms with van der Waals surface area (Å²) in [6, 6.07) is 3.53. The first-order chi connectivity index (χ1) is 12.3. The van der Waals surface area contributed by atoms with Crippen LogP contribution in [0, 0.1) is 6.92 Å². The third-order valence-electron chi connectivity index (χ3n) is 3.44. The van der Waals surface area contributed by atoms with E-state index in [1.165, 1.54) is 32.5 Å². The van der Waals surface area contributed by atoms with Gasteiger partial charge in [0.15, 0.2) is 23.7 Å². The molecule has 1 aromatic rings. The maximum absolute atomic E-state index is 11.6. The number of carbonyl (C=O) groups excluding carboxylic acids is 3. The zero-order chi connectivity index (χ0) is 19.3. The molecule has 0 spiro atoms. The van der Waals surface area contributed by atoms with Crippen molar-refractivity contribution in [3.8, 4) is 5.75 Å². The summed E-state index contributed by atoms with van der Waals surface area (Å²) < 4.78 is 21.8. The molecule has 1 aromatic heterocycles. The van der Waals surface area contributed by atoms with E-state index in [0.717, 1.165) is 5.69 Å². The fourth-order valence-electron chi connectivity index (χ4n) is 2.47. The molecule has 0 N–H and O–H groups in total. The van der Waals surface area contributed by atoms with Crippen molar-refractivity contribution in [3.05, 3.63) is 24.0 Å². The molecule has 1 saturated heterocycles. The second kappa shape index (κ2) is 8.88. The van der Waals surface area contributed by atoms with E-state index < -0.39 is 41.7 Å². The van der Waals surface area contributed by atoms with Crippen LogP contribution < -0.4 is 4.74 Å². The molecule has 0 aromatic carbocycles. The first-order valence-corrected chi connectivity index (χ1v) is 9.03. The number of rotatable bonds is 5. The van der Waals surface area contributed by atoms with Gasteiger partial charge in [0, 0.05) is 32.2 Å². The van der Waals surface area contributed by atoms with Crippen molar-refractivity contribution in [2.75, 3.05) is 5.75 Å². The fourth-order valence-corrected chi connectivity index (χ4v) is 3.68. The highest BCUT2D eigenvalue weighted by molar-refractivity contribution is 7.99. The predicted molar refractivity (Wildman–Crippen MR) is 92.5 cm³/mol. The highest BCUT2D eigenvalue weighted by Crippen LogP contribution is 2.34. The molecule has 2 rings (SSSR count). The Balaban J connectivity index is 2.25. The minimum Gasteiger partial charge on any atom is -0.474 e. The summed E-state index contributed by atoms with van der Waals surface area (Å²) >= 11 is 1.30. The van der Waals surface area contributed by atoms with Gasteiger partial charge in [0.05, 0.1) is 6.20 Å². The van der Waals surface area contributed by atoms with E-state index in [1.807, 2.05) is 6.92 Å². The molecule has 0 bridgehead atoms. The zero-order valence-corrected chi connectivity index (χ0v) is 15.8. The van der Waals surface area contributed by atoms with Crippen LogP contribution in [-0.2, 0) is 28.6 Å². The summed E-state index contributed by atoms with van der Waals surface area (Å²) in [7, 11) is 0. The molecule has 8 nitrogen and oxygen atoms in total. The predicted octanol–water partition coefficient (Wildman–Crippen LogP) is 1.64. The van der Waals surface area contributed by atoms with Crippen molar-refractivity contribution in [2.45, 2.75) is 51.4 Å². The van der Waals surface area contributed by atoms with Crippen LogP contribution in [0.5, 0.6) is 5.75 Å². The molecule has 0 saturated carbocycles. The SMILES string of the molecule is CC(=O)O[C@@H]1[C@@H](OC(C)=O)[C@@H](Oc2ccc(C)nc2)SC[C@H]1OC(C)=O. The molecule has 0 amide bonds. The molecule has 0 aliphatic carbocycles. The van der Waals surface area contributed by atoms with Gasteiger partial charge < -0.3 is 18.9 Å². The van der Waals surface area contributed by atoms with Gasteiger partial charge in [-0.05, 0) is 19.1 Å². The lowest BCUT2D eigenvalue weighted by atomic mass is 10.1. The number of carbonyl (C=O) groups is 3. The van der Waals surface area contributed by atoms with E-state index in [4.69, 9.17) is 18.9 Å². The van der Waals surface area contributed by atoms with Gasteiger partial charge in [0.25, 0.3) is 0 Å². The van der Waals surface area contributed by atoms with Gasteiger partial charge >= 0.3 is 17.9 Å². The molecule has 1 aliphatic rings. The number of ether oxygens (including phenoxy) is 4. The van der Waals surface area contributed by atoms with E-state index in [1.54, 1.807) is 18.3 Å². The van der Waals surface area contributed by atoms with Gasteiger partial charge in [-0.25, -0.2) is 0 Å². The summed E-state index contributed by atoms with van der Waals surface area (Å²) in [6.07, 6.45) is -1.10. The van der Waals surface area contributed by atoms with Crippen LogP contribution in [0.3, 0.4) is 0 Å². The zero-order valence-electron chi connectivity index (χ0n) is 15.0. The number of hydrogen-bond acceptors (Lipinski definition) is 9. The minimum absolute atomic E-state index is 0.319. The van der Waals surface area contributed by atoms with Crippen LogP contribution in [0.1, 0.15) is 26.5 Å². The first-order valence-electron chi connectivity index (χ1n) is 7.99. The number of hydrogen-bond donors (Lipinski definition) is 0. The average molecular weight is 383 g/mol. The molecular formula is C17H21NO7S. The van der Waals surface area contributed by atoms with Crippen molar-refractivity contribution in [1.29, 1.82) is 0 Å². The third kappa shape index (κ3) is 5.62. The number of nitrogens with zero attached hydrogens (tertiary/aromatic N) is 1. The van der Waals surface area contributed by atoms with Crippen LogP contribution >= 0.6 is 11.8 Å². The summed E-state index contributed by atoms with van der Waals surface area (Å²) in [5.74, 6) is -0.854. The summed E-state index contributed by atoms with van der Waals surface area (Å²) in [4.78, 5) is 38.6. The fraction of sp³-hybridized carbons (Fsp3) is 0.529. The van der Waals surface area contributed by atoms with Crippen molar-refractivity contribution < 1.29 is 33.3 Å². The summed E-state index contributed by atoms with van der Waals surface area (Å²) in [5, 5.41) is 0. The number of aromatic nitrogens is 1. The summed E-state index contributed by atoms with van der Waals surface area (Å²) in [6.45, 7) is 5.59. The van der Waals surface area contributed by atoms with Crippen LogP contribution in [-0.4, -0.2) is 52.4 Å². The van der Waals surface area contributed by atoms with Crippen LogP contribution in [0.25, 0.3) is 0 Å². The Labute approximate surface area is 155 Å². The smallest absolute Gasteiger partial charge is 0.303 e. The topological polar surface area (TPSA) is 101 Å². The third-order valence-corrected chi connectivity index (χ3v) is 4.66. The monoisotopic (exact) mass is 383 g/mol. The molecule has 1 fully saturated rings. The van der Waals surface area contributed by atoms with Crippen molar-refractivity contribution >= 4 is 29.7 Å². The van der Waals surface area contributed by atoms with Gasteiger partial charge in [-0.1, -0.05) is 0 Å². The standard InChI is InChI=1S/C17H21NO7S/c1-9-5-6-13(7-18-9)25-17-16(24-12(4)21)15(23-11(3)20)14(8-26-17)22-10(2)19/h5-7,14-17H,8H2,1-4H3/t14-,15+,16-,17+/m1/s1. The highest BCUT2D eigenvalue weighted by atomic mass is 32.2. The van der Waals surface area contributed by atoms with Gasteiger partial charge in [0.1, 0.15) is 5.75 Å². The second-order valence-electron chi connectivity index (χ2n) is 5.75. The maximum atomic E-state index is 11.6. The minimum atomic E-state index is -0.968. The molecule has 142 valence electrons. The van der Waals surface area contributed by atoms with Crippen LogP contribution in [0.4, 0.5) is 0 Å². The Morgan fingerprint density at radius 3 is 2.15 bits per heavy atom. The number of aryl methyl sites for hydroxylation is 1. The van der Waals surface area contributed by atoms with E-state index in [2.05, 4.69) is 4.98 Å². The van der Waals surface area contributed by atoms with Crippen molar-refractivity contribution in [2.24, 2.45) is 0 Å². The molecule has 9 heteroatoms. The largest absolute Gasteiger partial charge is 0.474 e. The van der Waals surface area contributed by atoms with E-state index in [9.17, 15) is 14.4 Å². The molecule has 26 heavy (non-hydrogen) atoms. The van der Waals surface area contributed by atoms with E-state index in [-0.39, 0.29) is 0 Å². The normalized spacial score (nSPS) is 25.1.